The summed E-state index contributed by atoms with van der Waals surface area (Å²) >= 11 is 3.03. The molecule has 1 N–H and O–H groups in total. The highest BCUT2D eigenvalue weighted by Gasteiger charge is 2.19. The lowest BCUT2D eigenvalue weighted by atomic mass is 10.2. The van der Waals surface area contributed by atoms with Crippen LogP contribution in [0, 0.1) is 23.3 Å². The molecular formula is C25H24BrF4N5O4. The Hall–Kier alpha value is -3.81. The minimum absolute atomic E-state index is 0.0220. The van der Waals surface area contributed by atoms with Gasteiger partial charge in [0.15, 0.2) is 22.9 Å². The van der Waals surface area contributed by atoms with Crippen LogP contribution >= 0.6 is 15.9 Å². The smallest absolute Gasteiger partial charge is 0.412 e. The van der Waals surface area contributed by atoms with Crippen LogP contribution in [0.1, 0.15) is 46.0 Å². The van der Waals surface area contributed by atoms with Gasteiger partial charge in [0.1, 0.15) is 5.60 Å². The molecular weight excluding hydrogens is 590 g/mol. The third kappa shape index (κ3) is 6.61. The van der Waals surface area contributed by atoms with Crippen molar-refractivity contribution in [3.05, 3.63) is 84.4 Å². The molecule has 0 aliphatic rings. The molecule has 9 nitrogen and oxygen atoms in total. The van der Waals surface area contributed by atoms with Gasteiger partial charge in [-0.15, -0.1) is 0 Å². The lowest BCUT2D eigenvalue weighted by Crippen LogP contribution is -2.28. The van der Waals surface area contributed by atoms with E-state index in [0.29, 0.717) is 4.47 Å². The lowest BCUT2D eigenvalue weighted by Gasteiger charge is -2.19. The van der Waals surface area contributed by atoms with E-state index in [1.54, 1.807) is 34.6 Å². The number of pyridine rings is 2. The Balaban J connectivity index is 0.000000230. The zero-order chi connectivity index (χ0) is 29.2. The zero-order valence-corrected chi connectivity index (χ0v) is 23.1. The van der Waals surface area contributed by atoms with Gasteiger partial charge in [-0.25, -0.2) is 23.5 Å². The molecule has 0 saturated carbocycles. The Morgan fingerprint density at radius 3 is 1.82 bits per heavy atom. The number of fused-ring (bicyclic) bond motifs is 2. The highest BCUT2D eigenvalue weighted by molar-refractivity contribution is 9.10. The SMILES string of the molecule is CCc1nc2c(F)cc(Br)cn2c(=O)c1F.CCc1nc2c(F)cc(NC(=O)OC(C)(C)C)cn2c(=O)c1F. The number of hydrogen-bond donors (Lipinski definition) is 1. The second kappa shape index (κ2) is 11.5. The number of halogens is 5. The first-order valence-corrected chi connectivity index (χ1v) is 12.4. The van der Waals surface area contributed by atoms with Crippen LogP contribution in [-0.2, 0) is 17.6 Å². The van der Waals surface area contributed by atoms with Crippen molar-refractivity contribution < 1.29 is 27.1 Å². The van der Waals surface area contributed by atoms with E-state index in [1.165, 1.54) is 12.3 Å². The molecule has 14 heteroatoms. The molecule has 0 unspecified atom stereocenters. The summed E-state index contributed by atoms with van der Waals surface area (Å²) in [6.07, 6.45) is 1.97. The highest BCUT2D eigenvalue weighted by atomic mass is 79.9. The standard InChI is InChI=1S/C15H17F2N3O3.C10H7BrF2N2O/c1-5-10-11(17)13(21)20-7-8(6-9(16)12(20)19-10)18-14(22)23-15(2,3)4;1-2-7-8(13)10(16)15-4-5(11)3-6(12)9(15)14-7/h6-7H,5H2,1-4H3,(H,18,22);3-4H,2H2,1H3. The van der Waals surface area contributed by atoms with Crippen LogP contribution in [0.5, 0.6) is 0 Å². The van der Waals surface area contributed by atoms with Crippen LogP contribution in [-0.4, -0.2) is 30.5 Å². The molecule has 4 heterocycles. The fraction of sp³-hybridized carbons (Fsp3) is 0.320. The maximum atomic E-state index is 14.1. The number of ether oxygens (including phenoxy) is 1. The monoisotopic (exact) mass is 613 g/mol. The molecule has 0 fully saturated rings. The van der Waals surface area contributed by atoms with Gasteiger partial charge in [-0.1, -0.05) is 13.8 Å². The van der Waals surface area contributed by atoms with E-state index in [1.807, 2.05) is 0 Å². The number of aromatic nitrogens is 4. The number of anilines is 1. The van der Waals surface area contributed by atoms with E-state index >= 15 is 0 Å². The Morgan fingerprint density at radius 2 is 1.36 bits per heavy atom. The third-order valence-corrected chi connectivity index (χ3v) is 5.50. The van der Waals surface area contributed by atoms with Gasteiger partial charge in [0.05, 0.1) is 17.1 Å². The summed E-state index contributed by atoms with van der Waals surface area (Å²) in [6, 6.07) is 2.17. The summed E-state index contributed by atoms with van der Waals surface area (Å²) < 4.78 is 61.9. The van der Waals surface area contributed by atoms with Gasteiger partial charge >= 0.3 is 6.09 Å². The van der Waals surface area contributed by atoms with Crippen molar-refractivity contribution in [3.63, 3.8) is 0 Å². The number of amides is 1. The van der Waals surface area contributed by atoms with Crippen molar-refractivity contribution in [1.29, 1.82) is 0 Å². The fourth-order valence-corrected chi connectivity index (χ4v) is 3.78. The molecule has 0 spiro atoms. The van der Waals surface area contributed by atoms with Gasteiger partial charge in [0, 0.05) is 22.9 Å². The van der Waals surface area contributed by atoms with Crippen LogP contribution in [0.4, 0.5) is 28.0 Å². The Labute approximate surface area is 227 Å². The van der Waals surface area contributed by atoms with Crippen LogP contribution in [0.3, 0.4) is 0 Å². The average molecular weight is 614 g/mol. The average Bonchev–Trinajstić information content (AvgIpc) is 2.83. The van der Waals surface area contributed by atoms with Gasteiger partial charge in [-0.2, -0.15) is 8.78 Å². The maximum Gasteiger partial charge on any atom is 0.412 e. The molecule has 0 saturated heterocycles. The van der Waals surface area contributed by atoms with E-state index in [0.717, 1.165) is 21.1 Å². The number of hydrogen-bond acceptors (Lipinski definition) is 6. The first-order valence-electron chi connectivity index (χ1n) is 11.6. The van der Waals surface area contributed by atoms with Gasteiger partial charge in [0.2, 0.25) is 11.6 Å². The molecule has 1 amide bonds. The molecule has 4 rings (SSSR count). The number of aryl methyl sites for hydroxylation is 2. The summed E-state index contributed by atoms with van der Waals surface area (Å²) in [5.74, 6) is -3.50. The Morgan fingerprint density at radius 1 is 0.897 bits per heavy atom. The normalized spacial score (nSPS) is 11.3. The van der Waals surface area contributed by atoms with Crippen molar-refractivity contribution in [2.75, 3.05) is 5.32 Å². The van der Waals surface area contributed by atoms with Gasteiger partial charge in [0.25, 0.3) is 11.1 Å². The summed E-state index contributed by atoms with van der Waals surface area (Å²) in [4.78, 5) is 42.8. The number of nitrogens with zero attached hydrogens (tertiary/aromatic N) is 4. The Kier molecular flexibility index (Phi) is 8.78. The number of rotatable bonds is 3. The number of carbonyl (C=O) groups excluding carboxylic acids is 1. The molecule has 0 aliphatic carbocycles. The minimum atomic E-state index is -1.04. The van der Waals surface area contributed by atoms with Gasteiger partial charge in [-0.3, -0.25) is 23.7 Å². The van der Waals surface area contributed by atoms with Crippen molar-refractivity contribution >= 4 is 39.0 Å². The van der Waals surface area contributed by atoms with Crippen LogP contribution < -0.4 is 16.4 Å². The highest BCUT2D eigenvalue weighted by Crippen LogP contribution is 2.17. The third-order valence-electron chi connectivity index (χ3n) is 5.07. The summed E-state index contributed by atoms with van der Waals surface area (Å²) in [5, 5.41) is 2.30. The molecule has 0 aliphatic heterocycles. The van der Waals surface area contributed by atoms with Gasteiger partial charge < -0.3 is 4.74 Å². The van der Waals surface area contributed by atoms with Crippen molar-refractivity contribution in [1.82, 2.24) is 18.8 Å². The molecule has 0 bridgehead atoms. The molecule has 4 aromatic heterocycles. The molecule has 0 atom stereocenters. The van der Waals surface area contributed by atoms with Crippen LogP contribution in [0.2, 0.25) is 0 Å². The zero-order valence-electron chi connectivity index (χ0n) is 21.5. The van der Waals surface area contributed by atoms with E-state index < -0.39 is 46.1 Å². The predicted octanol–water partition coefficient (Wildman–Crippen LogP) is 5.18. The van der Waals surface area contributed by atoms with Gasteiger partial charge in [-0.05, 0) is 55.6 Å². The van der Waals surface area contributed by atoms with E-state index in [4.69, 9.17) is 4.74 Å². The second-order valence-electron chi connectivity index (χ2n) is 9.16. The summed E-state index contributed by atoms with van der Waals surface area (Å²) in [7, 11) is 0. The lowest BCUT2D eigenvalue weighted by molar-refractivity contribution is 0.0636. The molecule has 208 valence electrons. The van der Waals surface area contributed by atoms with Crippen LogP contribution in [0.15, 0.2) is 38.6 Å². The number of nitrogens with one attached hydrogen (secondary N) is 1. The molecule has 0 aromatic carbocycles. The minimum Gasteiger partial charge on any atom is -0.444 e. The Bertz CT molecular complexity index is 1700. The van der Waals surface area contributed by atoms with Crippen molar-refractivity contribution in [2.24, 2.45) is 0 Å². The van der Waals surface area contributed by atoms with Crippen LogP contribution in [0.25, 0.3) is 11.3 Å². The maximum absolute atomic E-state index is 14.1. The van der Waals surface area contributed by atoms with Crippen molar-refractivity contribution in [2.45, 2.75) is 53.1 Å². The molecule has 0 radical (unpaired) electrons. The van der Waals surface area contributed by atoms with E-state index in [-0.39, 0.29) is 41.2 Å². The number of carbonyl (C=O) groups is 1. The fourth-order valence-electron chi connectivity index (χ4n) is 3.37. The first kappa shape index (κ1) is 29.7. The molecule has 4 aromatic rings. The van der Waals surface area contributed by atoms with Crippen molar-refractivity contribution in [3.8, 4) is 0 Å². The largest absolute Gasteiger partial charge is 0.444 e. The van der Waals surface area contributed by atoms with E-state index in [9.17, 15) is 31.9 Å². The molecule has 39 heavy (non-hydrogen) atoms. The predicted molar refractivity (Wildman–Crippen MR) is 139 cm³/mol. The van der Waals surface area contributed by atoms with E-state index in [2.05, 4.69) is 31.2 Å². The second-order valence-corrected chi connectivity index (χ2v) is 10.1. The summed E-state index contributed by atoms with van der Waals surface area (Å²) in [6.45, 7) is 8.27. The quantitative estimate of drug-likeness (QED) is 0.319. The topological polar surface area (TPSA) is 107 Å². The first-order chi connectivity index (χ1) is 18.2. The summed E-state index contributed by atoms with van der Waals surface area (Å²) in [5.41, 5.74) is -3.29.